The Balaban J connectivity index is 1.42. The minimum Gasteiger partial charge on any atom is -0.460 e. The Hall–Kier alpha value is -2.13. The first-order valence-electron chi connectivity index (χ1n) is 14.3. The summed E-state index contributed by atoms with van der Waals surface area (Å²) in [4.78, 5) is 53.5. The van der Waals surface area contributed by atoms with Crippen molar-refractivity contribution in [2.75, 3.05) is 41.4 Å². The van der Waals surface area contributed by atoms with E-state index in [1.165, 1.54) is 0 Å². The predicted octanol–water partition coefficient (Wildman–Crippen LogP) is 3.15. The molecule has 1 saturated heterocycles. The standard InChI is InChI=1S/C30H42N2O6S/c1-6-28(4)15-20(29(5)17(2)7-9-30(18(3)27(28)37)10-8-19(33)26(29)30)38-21(34)16-31-22-23(25(36)24(22)35)32-11-13-39-14-12-32/h6,17-18,20,26-27,31,37H,1,7-16H2,2-5H3/t17-,18+,20-,26+,27+,28-,29+,30+/m1/s1. The molecule has 1 aromatic rings. The number of thioether (sulfide) groups is 1. The van der Waals surface area contributed by atoms with Crippen LogP contribution in [0.1, 0.15) is 59.8 Å². The maximum absolute atomic E-state index is 13.5. The molecule has 8 atom stereocenters. The third-order valence-electron chi connectivity index (χ3n) is 11.2. The van der Waals surface area contributed by atoms with E-state index in [1.807, 2.05) is 11.8 Å². The molecular formula is C30H42N2O6S. The predicted molar refractivity (Wildman–Crippen MR) is 154 cm³/mol. The molecule has 1 aromatic carbocycles. The van der Waals surface area contributed by atoms with Crippen LogP contribution in [0, 0.1) is 34.0 Å². The molecule has 0 amide bonds. The van der Waals surface area contributed by atoms with E-state index in [2.05, 4.69) is 32.7 Å². The van der Waals surface area contributed by atoms with Crippen molar-refractivity contribution < 1.29 is 19.4 Å². The quantitative estimate of drug-likeness (QED) is 0.309. The summed E-state index contributed by atoms with van der Waals surface area (Å²) in [5.74, 6) is 1.17. The van der Waals surface area contributed by atoms with Crippen LogP contribution < -0.4 is 21.1 Å². The van der Waals surface area contributed by atoms with Gasteiger partial charge in [0.1, 0.15) is 29.8 Å². The molecule has 39 heavy (non-hydrogen) atoms. The lowest BCUT2D eigenvalue weighted by atomic mass is 9.44. The lowest BCUT2D eigenvalue weighted by Gasteiger charge is -2.61. The van der Waals surface area contributed by atoms with E-state index < -0.39 is 39.9 Å². The summed E-state index contributed by atoms with van der Waals surface area (Å²) in [5, 5.41) is 14.5. The number of aliphatic hydroxyl groups is 1. The normalized spacial score (nSPS) is 40.5. The number of esters is 1. The molecule has 3 aliphatic carbocycles. The number of hydrogen-bond acceptors (Lipinski definition) is 9. The molecule has 8 nitrogen and oxygen atoms in total. The fraction of sp³-hybridized carbons (Fsp3) is 0.733. The van der Waals surface area contributed by atoms with Gasteiger partial charge in [-0.1, -0.05) is 33.8 Å². The maximum Gasteiger partial charge on any atom is 0.325 e. The molecule has 4 fully saturated rings. The van der Waals surface area contributed by atoms with Gasteiger partial charge in [-0.05, 0) is 42.9 Å². The smallest absolute Gasteiger partial charge is 0.325 e. The molecule has 5 rings (SSSR count). The number of Topliss-reactive ketones (excluding diaryl/α,β-unsaturated/α-hetero) is 1. The molecular weight excluding hydrogens is 516 g/mol. The SMILES string of the molecule is C=C[C@]1(C)C[C@@H](OC(=O)CNc2c(N3CCSCC3)c(=O)c2=O)[C@]2(C)[C@H](C)CC[C@]3(CCC(=O)[C@H]32)[C@@H](C)[C@@H]1O. The summed E-state index contributed by atoms with van der Waals surface area (Å²) in [7, 11) is 0. The summed E-state index contributed by atoms with van der Waals surface area (Å²) in [6, 6.07) is 0. The molecule has 0 aromatic heterocycles. The van der Waals surface area contributed by atoms with Crippen LogP contribution in [0.4, 0.5) is 11.4 Å². The van der Waals surface area contributed by atoms with Gasteiger partial charge in [0.2, 0.25) is 0 Å². The van der Waals surface area contributed by atoms with E-state index in [1.54, 1.807) is 17.8 Å². The van der Waals surface area contributed by atoms with E-state index in [0.29, 0.717) is 31.6 Å². The number of rotatable bonds is 6. The van der Waals surface area contributed by atoms with Crippen LogP contribution in [0.2, 0.25) is 0 Å². The van der Waals surface area contributed by atoms with Crippen molar-refractivity contribution in [1.82, 2.24) is 0 Å². The molecule has 2 bridgehead atoms. The maximum atomic E-state index is 13.5. The molecule has 214 valence electrons. The zero-order valence-corrected chi connectivity index (χ0v) is 24.4. The highest BCUT2D eigenvalue weighted by molar-refractivity contribution is 7.99. The van der Waals surface area contributed by atoms with Gasteiger partial charge in [0.15, 0.2) is 0 Å². The second-order valence-electron chi connectivity index (χ2n) is 12.9. The monoisotopic (exact) mass is 558 g/mol. The van der Waals surface area contributed by atoms with E-state index in [4.69, 9.17) is 4.74 Å². The Bertz CT molecular complexity index is 1230. The number of carbonyl (C=O) groups excluding carboxylic acids is 2. The van der Waals surface area contributed by atoms with Gasteiger partial charge in [0.05, 0.1) is 6.10 Å². The number of nitrogens with one attached hydrogen (secondary N) is 1. The van der Waals surface area contributed by atoms with Crippen molar-refractivity contribution in [2.24, 2.45) is 34.0 Å². The van der Waals surface area contributed by atoms with Crippen LogP contribution in [-0.2, 0) is 14.3 Å². The summed E-state index contributed by atoms with van der Waals surface area (Å²) in [6.45, 7) is 13.4. The third kappa shape index (κ3) is 4.21. The van der Waals surface area contributed by atoms with Gasteiger partial charge in [0, 0.05) is 47.8 Å². The van der Waals surface area contributed by atoms with E-state index in [9.17, 15) is 24.3 Å². The summed E-state index contributed by atoms with van der Waals surface area (Å²) >= 11 is 1.81. The lowest BCUT2D eigenvalue weighted by Crippen LogP contribution is -2.63. The fourth-order valence-electron chi connectivity index (χ4n) is 8.49. The van der Waals surface area contributed by atoms with Crippen LogP contribution in [0.15, 0.2) is 22.2 Å². The molecule has 1 aliphatic heterocycles. The van der Waals surface area contributed by atoms with Crippen LogP contribution in [-0.4, -0.2) is 60.2 Å². The topological polar surface area (TPSA) is 113 Å². The number of aliphatic hydroxyl groups excluding tert-OH is 1. The van der Waals surface area contributed by atoms with Crippen LogP contribution >= 0.6 is 11.8 Å². The van der Waals surface area contributed by atoms with Crippen LogP contribution in [0.3, 0.4) is 0 Å². The Morgan fingerprint density at radius 3 is 2.54 bits per heavy atom. The summed E-state index contributed by atoms with van der Waals surface area (Å²) < 4.78 is 6.23. The van der Waals surface area contributed by atoms with Crippen LogP contribution in [0.25, 0.3) is 0 Å². The van der Waals surface area contributed by atoms with Gasteiger partial charge in [-0.25, -0.2) is 0 Å². The third-order valence-corrected chi connectivity index (χ3v) is 12.1. The minimum absolute atomic E-state index is 0.0946. The van der Waals surface area contributed by atoms with Crippen molar-refractivity contribution in [2.45, 2.75) is 72.0 Å². The van der Waals surface area contributed by atoms with Crippen molar-refractivity contribution in [3.05, 3.63) is 33.1 Å². The zero-order valence-electron chi connectivity index (χ0n) is 23.6. The number of ether oxygens (including phenoxy) is 1. The van der Waals surface area contributed by atoms with Gasteiger partial charge in [-0.2, -0.15) is 11.8 Å². The van der Waals surface area contributed by atoms with Gasteiger partial charge in [0.25, 0.3) is 10.9 Å². The first kappa shape index (κ1) is 28.4. The first-order chi connectivity index (χ1) is 18.4. The highest BCUT2D eigenvalue weighted by Crippen LogP contribution is 2.68. The highest BCUT2D eigenvalue weighted by atomic mass is 32.2. The number of anilines is 2. The largest absolute Gasteiger partial charge is 0.460 e. The first-order valence-corrected chi connectivity index (χ1v) is 15.5. The fourth-order valence-corrected chi connectivity index (χ4v) is 9.40. The Kier molecular flexibility index (Phi) is 7.32. The number of carbonyl (C=O) groups is 2. The second kappa shape index (κ2) is 10.1. The van der Waals surface area contributed by atoms with E-state index in [-0.39, 0.29) is 41.2 Å². The average molecular weight is 559 g/mol. The molecule has 2 N–H and O–H groups in total. The average Bonchev–Trinajstić information content (AvgIpc) is 3.29. The molecule has 9 heteroatoms. The summed E-state index contributed by atoms with van der Waals surface area (Å²) in [6.07, 6.45) is 3.78. The lowest BCUT2D eigenvalue weighted by molar-refractivity contribution is -0.205. The molecule has 0 spiro atoms. The second-order valence-corrected chi connectivity index (χ2v) is 14.1. The zero-order chi connectivity index (χ0) is 28.3. The van der Waals surface area contributed by atoms with Gasteiger partial charge in [-0.3, -0.25) is 19.2 Å². The van der Waals surface area contributed by atoms with E-state index in [0.717, 1.165) is 30.8 Å². The Morgan fingerprint density at radius 2 is 1.87 bits per heavy atom. The Labute approximate surface area is 234 Å². The Morgan fingerprint density at radius 1 is 1.18 bits per heavy atom. The minimum atomic E-state index is -0.727. The number of ketones is 1. The van der Waals surface area contributed by atoms with Gasteiger partial charge < -0.3 is 20.1 Å². The molecule has 0 radical (unpaired) electrons. The van der Waals surface area contributed by atoms with Gasteiger partial charge >= 0.3 is 5.97 Å². The van der Waals surface area contributed by atoms with Crippen molar-refractivity contribution >= 4 is 34.9 Å². The highest BCUT2D eigenvalue weighted by Gasteiger charge is 2.68. The van der Waals surface area contributed by atoms with Crippen molar-refractivity contribution in [1.29, 1.82) is 0 Å². The number of nitrogens with zero attached hydrogens (tertiary/aromatic N) is 1. The summed E-state index contributed by atoms with van der Waals surface area (Å²) in [5.41, 5.74) is -2.21. The number of hydrogen-bond donors (Lipinski definition) is 2. The molecule has 3 saturated carbocycles. The van der Waals surface area contributed by atoms with Crippen LogP contribution in [0.5, 0.6) is 0 Å². The molecule has 4 aliphatic rings. The molecule has 1 heterocycles. The van der Waals surface area contributed by atoms with Gasteiger partial charge in [-0.15, -0.1) is 6.58 Å². The van der Waals surface area contributed by atoms with Crippen molar-refractivity contribution in [3.8, 4) is 0 Å². The van der Waals surface area contributed by atoms with E-state index >= 15 is 0 Å². The molecule has 0 unspecified atom stereocenters. The van der Waals surface area contributed by atoms with Crippen molar-refractivity contribution in [3.63, 3.8) is 0 Å².